The second kappa shape index (κ2) is 5.00. The Balaban J connectivity index is 2.00. The summed E-state index contributed by atoms with van der Waals surface area (Å²) in [5.41, 5.74) is 7.59. The molecule has 102 valence electrons. The molecule has 1 aliphatic rings. The van der Waals surface area contributed by atoms with Crippen LogP contribution in [0.4, 0.5) is 5.69 Å². The number of anilines is 1. The zero-order valence-electron chi connectivity index (χ0n) is 10.4. The van der Waals surface area contributed by atoms with Crippen LogP contribution in [0.5, 0.6) is 5.75 Å². The molecule has 0 saturated heterocycles. The number of fused-ring (bicyclic) bond motifs is 1. The molecular formula is C15H11Cl2NO2. The van der Waals surface area contributed by atoms with Crippen LogP contribution in [0.15, 0.2) is 36.4 Å². The number of ether oxygens (including phenoxy) is 1. The van der Waals surface area contributed by atoms with Crippen LogP contribution in [0.2, 0.25) is 10.0 Å². The molecule has 2 aromatic carbocycles. The number of nitrogens with two attached hydrogens (primary N) is 1. The standard InChI is InChI=1S/C15H11Cl2NO2/c16-8-1-3-10(12(17)5-8)15-7-13(19)11-4-2-9(18)6-14(11)20-15/h1-6,15H,7,18H2. The van der Waals surface area contributed by atoms with Gasteiger partial charge in [0.25, 0.3) is 0 Å². The van der Waals surface area contributed by atoms with Crippen molar-refractivity contribution in [1.82, 2.24) is 0 Å². The maximum atomic E-state index is 12.2. The van der Waals surface area contributed by atoms with E-state index in [1.807, 2.05) is 0 Å². The van der Waals surface area contributed by atoms with Crippen molar-refractivity contribution >= 4 is 34.7 Å². The van der Waals surface area contributed by atoms with Gasteiger partial charge < -0.3 is 10.5 Å². The second-order valence-electron chi connectivity index (χ2n) is 4.66. The lowest BCUT2D eigenvalue weighted by Crippen LogP contribution is -2.20. The van der Waals surface area contributed by atoms with Gasteiger partial charge in [0.1, 0.15) is 11.9 Å². The summed E-state index contributed by atoms with van der Waals surface area (Å²) in [6.07, 6.45) is -0.167. The second-order valence-corrected chi connectivity index (χ2v) is 5.50. The van der Waals surface area contributed by atoms with Crippen molar-refractivity contribution in [1.29, 1.82) is 0 Å². The first-order valence-electron chi connectivity index (χ1n) is 6.09. The number of nitrogen functional groups attached to an aromatic ring is 1. The first-order valence-corrected chi connectivity index (χ1v) is 6.84. The molecular weight excluding hydrogens is 297 g/mol. The fourth-order valence-corrected chi connectivity index (χ4v) is 2.81. The van der Waals surface area contributed by atoms with Crippen molar-refractivity contribution in [2.24, 2.45) is 0 Å². The summed E-state index contributed by atoms with van der Waals surface area (Å²) in [6.45, 7) is 0. The molecule has 0 aromatic heterocycles. The normalized spacial score (nSPS) is 17.5. The molecule has 0 saturated carbocycles. The van der Waals surface area contributed by atoms with Crippen molar-refractivity contribution in [3.63, 3.8) is 0 Å². The molecule has 0 fully saturated rings. The molecule has 2 aromatic rings. The van der Waals surface area contributed by atoms with Gasteiger partial charge in [-0.1, -0.05) is 29.3 Å². The first kappa shape index (κ1) is 13.3. The van der Waals surface area contributed by atoms with Crippen molar-refractivity contribution in [2.75, 3.05) is 5.73 Å². The number of carbonyl (C=O) groups excluding carboxylic acids is 1. The van der Waals surface area contributed by atoms with Crippen LogP contribution in [0.25, 0.3) is 0 Å². The fourth-order valence-electron chi connectivity index (χ4n) is 2.28. The molecule has 1 unspecified atom stereocenters. The smallest absolute Gasteiger partial charge is 0.170 e. The molecule has 5 heteroatoms. The molecule has 20 heavy (non-hydrogen) atoms. The summed E-state index contributed by atoms with van der Waals surface area (Å²) in [5, 5.41) is 1.04. The number of ketones is 1. The highest BCUT2D eigenvalue weighted by Gasteiger charge is 2.29. The lowest BCUT2D eigenvalue weighted by atomic mass is 9.96. The van der Waals surface area contributed by atoms with Crippen LogP contribution >= 0.6 is 23.2 Å². The van der Waals surface area contributed by atoms with Crippen molar-refractivity contribution < 1.29 is 9.53 Å². The van der Waals surface area contributed by atoms with E-state index >= 15 is 0 Å². The van der Waals surface area contributed by atoms with Crippen LogP contribution in [0.1, 0.15) is 28.4 Å². The van der Waals surface area contributed by atoms with Crippen LogP contribution in [0.3, 0.4) is 0 Å². The molecule has 1 heterocycles. The zero-order chi connectivity index (χ0) is 14.3. The van der Waals surface area contributed by atoms with Crippen LogP contribution < -0.4 is 10.5 Å². The predicted molar refractivity (Wildman–Crippen MR) is 79.6 cm³/mol. The Labute approximate surface area is 126 Å². The van der Waals surface area contributed by atoms with E-state index < -0.39 is 6.10 Å². The highest BCUT2D eigenvalue weighted by Crippen LogP contribution is 2.38. The van der Waals surface area contributed by atoms with E-state index in [4.69, 9.17) is 33.7 Å². The number of hydrogen-bond acceptors (Lipinski definition) is 3. The number of Topliss-reactive ketones (excluding diaryl/α,β-unsaturated/α-hetero) is 1. The monoisotopic (exact) mass is 307 g/mol. The maximum absolute atomic E-state index is 12.2. The third kappa shape index (κ3) is 2.35. The first-order chi connectivity index (χ1) is 9.54. The minimum absolute atomic E-state index is 0.0160. The van der Waals surface area contributed by atoms with E-state index in [1.54, 1.807) is 36.4 Å². The van der Waals surface area contributed by atoms with Gasteiger partial charge in [0.15, 0.2) is 5.78 Å². The number of rotatable bonds is 1. The number of halogens is 2. The van der Waals surface area contributed by atoms with Crippen molar-refractivity contribution in [2.45, 2.75) is 12.5 Å². The van der Waals surface area contributed by atoms with Gasteiger partial charge in [-0.05, 0) is 24.3 Å². The molecule has 2 N–H and O–H groups in total. The lowest BCUT2D eigenvalue weighted by molar-refractivity contribution is 0.0850. The minimum atomic E-state index is -0.415. The average Bonchev–Trinajstić information content (AvgIpc) is 2.37. The van der Waals surface area contributed by atoms with E-state index in [0.29, 0.717) is 27.0 Å². The summed E-state index contributed by atoms with van der Waals surface area (Å²) in [6, 6.07) is 10.2. The average molecular weight is 308 g/mol. The summed E-state index contributed by atoms with van der Waals surface area (Å²) in [7, 11) is 0. The minimum Gasteiger partial charge on any atom is -0.484 e. The number of hydrogen-bond donors (Lipinski definition) is 1. The van der Waals surface area contributed by atoms with Gasteiger partial charge in [-0.15, -0.1) is 0 Å². The third-order valence-corrected chi connectivity index (χ3v) is 3.82. The van der Waals surface area contributed by atoms with Crippen molar-refractivity contribution in [3.8, 4) is 5.75 Å². The molecule has 0 amide bonds. The highest BCUT2D eigenvalue weighted by molar-refractivity contribution is 6.35. The van der Waals surface area contributed by atoms with Crippen molar-refractivity contribution in [3.05, 3.63) is 57.6 Å². The van der Waals surface area contributed by atoms with Gasteiger partial charge >= 0.3 is 0 Å². The van der Waals surface area contributed by atoms with E-state index in [0.717, 1.165) is 5.56 Å². The summed E-state index contributed by atoms with van der Waals surface area (Å²) in [4.78, 5) is 12.2. The largest absolute Gasteiger partial charge is 0.484 e. The van der Waals surface area contributed by atoms with Gasteiger partial charge in [0.2, 0.25) is 0 Å². The third-order valence-electron chi connectivity index (χ3n) is 3.26. The fraction of sp³-hybridized carbons (Fsp3) is 0.133. The zero-order valence-corrected chi connectivity index (χ0v) is 11.9. The molecule has 1 atom stereocenters. The lowest BCUT2D eigenvalue weighted by Gasteiger charge is -2.26. The molecule has 3 nitrogen and oxygen atoms in total. The Morgan fingerprint density at radius 1 is 1.15 bits per heavy atom. The number of benzene rings is 2. The van der Waals surface area contributed by atoms with Crippen LogP contribution in [-0.2, 0) is 0 Å². The molecule has 3 rings (SSSR count). The number of carbonyl (C=O) groups is 1. The van der Waals surface area contributed by atoms with Gasteiger partial charge in [0.05, 0.1) is 12.0 Å². The van der Waals surface area contributed by atoms with E-state index in [9.17, 15) is 4.79 Å². The Bertz CT molecular complexity index is 700. The highest BCUT2D eigenvalue weighted by atomic mass is 35.5. The molecule has 0 radical (unpaired) electrons. The van der Waals surface area contributed by atoms with Gasteiger partial charge in [-0.2, -0.15) is 0 Å². The molecule has 0 spiro atoms. The van der Waals surface area contributed by atoms with E-state index in [-0.39, 0.29) is 12.2 Å². The Hall–Kier alpha value is -1.71. The Morgan fingerprint density at radius 3 is 2.70 bits per heavy atom. The SMILES string of the molecule is Nc1ccc2c(c1)OC(c1ccc(Cl)cc1Cl)CC2=O. The summed E-state index contributed by atoms with van der Waals surface area (Å²) in [5.74, 6) is 0.513. The van der Waals surface area contributed by atoms with Gasteiger partial charge in [-0.25, -0.2) is 0 Å². The molecule has 0 bridgehead atoms. The Morgan fingerprint density at radius 2 is 1.95 bits per heavy atom. The summed E-state index contributed by atoms with van der Waals surface area (Å²) < 4.78 is 5.86. The summed E-state index contributed by atoms with van der Waals surface area (Å²) >= 11 is 12.0. The van der Waals surface area contributed by atoms with Crippen LogP contribution in [0, 0.1) is 0 Å². The quantitative estimate of drug-likeness (QED) is 0.800. The van der Waals surface area contributed by atoms with E-state index in [2.05, 4.69) is 0 Å². The molecule has 1 aliphatic heterocycles. The Kier molecular flexibility index (Phi) is 3.32. The van der Waals surface area contributed by atoms with Crippen LogP contribution in [-0.4, -0.2) is 5.78 Å². The van der Waals surface area contributed by atoms with Gasteiger partial charge in [-0.3, -0.25) is 4.79 Å². The van der Waals surface area contributed by atoms with Gasteiger partial charge in [0, 0.05) is 27.4 Å². The van der Waals surface area contributed by atoms with E-state index in [1.165, 1.54) is 0 Å². The maximum Gasteiger partial charge on any atom is 0.170 e. The molecule has 0 aliphatic carbocycles. The topological polar surface area (TPSA) is 52.3 Å². The predicted octanol–water partition coefficient (Wildman–Crippen LogP) is 4.28.